The van der Waals surface area contributed by atoms with Gasteiger partial charge in [-0.2, -0.15) is 0 Å². The van der Waals surface area contributed by atoms with Crippen molar-refractivity contribution in [3.63, 3.8) is 0 Å². The number of quaternary nitrogens is 1. The van der Waals surface area contributed by atoms with Crippen molar-refractivity contribution < 1.29 is 9.64 Å². The summed E-state index contributed by atoms with van der Waals surface area (Å²) in [6.45, 7) is 9.68. The smallest absolute Gasteiger partial charge is 0.119 e. The van der Waals surface area contributed by atoms with Crippen molar-refractivity contribution in [2.24, 2.45) is 11.8 Å². The summed E-state index contributed by atoms with van der Waals surface area (Å²) < 4.78 is 7.04. The Morgan fingerprint density at radius 3 is 2.40 bits per heavy atom. The first-order valence-corrected chi connectivity index (χ1v) is 8.93. The van der Waals surface area contributed by atoms with Crippen LogP contribution in [0, 0.1) is 15.4 Å². The van der Waals surface area contributed by atoms with Crippen molar-refractivity contribution in [2.75, 3.05) is 26.2 Å². The van der Waals surface area contributed by atoms with E-state index in [1.54, 1.807) is 4.90 Å². The van der Waals surface area contributed by atoms with Gasteiger partial charge in [-0.05, 0) is 66.1 Å². The lowest BCUT2D eigenvalue weighted by molar-refractivity contribution is -0.912. The van der Waals surface area contributed by atoms with E-state index < -0.39 is 0 Å². The van der Waals surface area contributed by atoms with Crippen LogP contribution in [0.2, 0.25) is 0 Å². The highest BCUT2D eigenvalue weighted by Gasteiger charge is 2.24. The summed E-state index contributed by atoms with van der Waals surface area (Å²) in [5, 5.41) is 0. The molecule has 2 nitrogen and oxygen atoms in total. The summed E-state index contributed by atoms with van der Waals surface area (Å²) in [4.78, 5) is 1.80. The predicted molar refractivity (Wildman–Crippen MR) is 92.4 cm³/mol. The molecule has 1 N–H and O–H groups in total. The molecule has 1 aliphatic rings. The number of halogens is 1. The molecule has 0 aliphatic carbocycles. The maximum Gasteiger partial charge on any atom is 0.119 e. The van der Waals surface area contributed by atoms with Crippen LogP contribution in [0.1, 0.15) is 33.1 Å². The van der Waals surface area contributed by atoms with Crippen LogP contribution >= 0.6 is 22.6 Å². The van der Waals surface area contributed by atoms with Crippen LogP contribution in [-0.2, 0) is 0 Å². The molecule has 1 aliphatic heterocycles. The van der Waals surface area contributed by atoms with Gasteiger partial charge >= 0.3 is 0 Å². The summed E-state index contributed by atoms with van der Waals surface area (Å²) in [7, 11) is 0. The van der Waals surface area contributed by atoms with Crippen LogP contribution in [0.15, 0.2) is 24.3 Å². The van der Waals surface area contributed by atoms with Crippen LogP contribution in [0.25, 0.3) is 0 Å². The lowest BCUT2D eigenvalue weighted by Gasteiger charge is -2.32. The third-order valence-corrected chi connectivity index (χ3v) is 4.81. The maximum atomic E-state index is 5.78. The number of ether oxygens (including phenoxy) is 1. The van der Waals surface area contributed by atoms with Crippen molar-refractivity contribution in [1.29, 1.82) is 0 Å². The SMILES string of the molecule is C[C@@H]1C[C@H](C)C[NH+](CCCCOc2ccc(I)cc2)C1. The number of hydrogen-bond donors (Lipinski definition) is 1. The highest BCUT2D eigenvalue weighted by Crippen LogP contribution is 2.14. The van der Waals surface area contributed by atoms with Gasteiger partial charge in [0.05, 0.1) is 26.2 Å². The monoisotopic (exact) mass is 388 g/mol. The van der Waals surface area contributed by atoms with Crippen LogP contribution in [0.5, 0.6) is 5.75 Å². The molecule has 1 fully saturated rings. The van der Waals surface area contributed by atoms with Gasteiger partial charge in [0.25, 0.3) is 0 Å². The van der Waals surface area contributed by atoms with E-state index in [9.17, 15) is 0 Å². The van der Waals surface area contributed by atoms with Gasteiger partial charge in [0, 0.05) is 15.4 Å². The fraction of sp³-hybridized carbons (Fsp3) is 0.647. The lowest BCUT2D eigenvalue weighted by atomic mass is 9.92. The van der Waals surface area contributed by atoms with E-state index in [-0.39, 0.29) is 0 Å². The zero-order valence-electron chi connectivity index (χ0n) is 12.7. The Morgan fingerprint density at radius 2 is 1.75 bits per heavy atom. The molecule has 1 aromatic rings. The number of rotatable bonds is 6. The Balaban J connectivity index is 1.58. The number of hydrogen-bond acceptors (Lipinski definition) is 1. The molecular weight excluding hydrogens is 361 g/mol. The van der Waals surface area contributed by atoms with E-state index >= 15 is 0 Å². The maximum absolute atomic E-state index is 5.78. The molecule has 1 saturated heterocycles. The molecule has 1 aromatic carbocycles. The Morgan fingerprint density at radius 1 is 1.10 bits per heavy atom. The molecule has 3 atom stereocenters. The summed E-state index contributed by atoms with van der Waals surface area (Å²) in [6.07, 6.45) is 3.86. The zero-order chi connectivity index (χ0) is 14.4. The second-order valence-electron chi connectivity index (χ2n) is 6.36. The summed E-state index contributed by atoms with van der Waals surface area (Å²) in [5.41, 5.74) is 0. The average Bonchev–Trinajstić information content (AvgIpc) is 2.39. The van der Waals surface area contributed by atoms with Gasteiger partial charge in [-0.1, -0.05) is 13.8 Å². The molecule has 0 saturated carbocycles. The standard InChI is InChI=1S/C17H26INO/c1-14-11-15(2)13-19(12-14)9-3-4-10-20-17-7-5-16(18)6-8-17/h5-8,14-15H,3-4,9-13H2,1-2H3/p+1/t14-,15+. The van der Waals surface area contributed by atoms with E-state index in [2.05, 4.69) is 60.7 Å². The van der Waals surface area contributed by atoms with E-state index in [0.717, 1.165) is 30.6 Å². The van der Waals surface area contributed by atoms with E-state index in [0.29, 0.717) is 0 Å². The Bertz CT molecular complexity index is 382. The Kier molecular flexibility index (Phi) is 6.62. The van der Waals surface area contributed by atoms with E-state index in [1.165, 1.54) is 36.0 Å². The van der Waals surface area contributed by atoms with Crippen LogP contribution in [0.3, 0.4) is 0 Å². The molecular formula is C17H27INO+. The van der Waals surface area contributed by atoms with Crippen molar-refractivity contribution >= 4 is 22.6 Å². The van der Waals surface area contributed by atoms with E-state index in [4.69, 9.17) is 4.74 Å². The lowest BCUT2D eigenvalue weighted by Crippen LogP contribution is -3.14. The number of unbranched alkanes of at least 4 members (excludes halogenated alkanes) is 1. The summed E-state index contributed by atoms with van der Waals surface area (Å²) in [6, 6.07) is 8.30. The van der Waals surface area contributed by atoms with Crippen LogP contribution in [0.4, 0.5) is 0 Å². The molecule has 0 bridgehead atoms. The fourth-order valence-electron chi connectivity index (χ4n) is 3.32. The van der Waals surface area contributed by atoms with Gasteiger partial charge in [0.15, 0.2) is 0 Å². The first-order valence-electron chi connectivity index (χ1n) is 7.85. The average molecular weight is 388 g/mol. The molecule has 0 aromatic heterocycles. The first kappa shape index (κ1) is 16.1. The third-order valence-electron chi connectivity index (χ3n) is 4.09. The minimum Gasteiger partial charge on any atom is -0.494 e. The van der Waals surface area contributed by atoms with Crippen molar-refractivity contribution in [2.45, 2.75) is 33.1 Å². The molecule has 1 heterocycles. The normalized spacial score (nSPS) is 26.4. The van der Waals surface area contributed by atoms with Gasteiger partial charge in [-0.15, -0.1) is 0 Å². The van der Waals surface area contributed by atoms with E-state index in [1.807, 2.05) is 0 Å². The molecule has 112 valence electrons. The number of nitrogens with one attached hydrogen (secondary N) is 1. The minimum atomic E-state index is 0.846. The predicted octanol–water partition coefficient (Wildman–Crippen LogP) is 3.01. The van der Waals surface area contributed by atoms with Gasteiger partial charge in [0.1, 0.15) is 5.75 Å². The number of likely N-dealkylation sites (tertiary alicyclic amines) is 1. The second-order valence-corrected chi connectivity index (χ2v) is 7.61. The Labute approximate surface area is 137 Å². The molecule has 0 amide bonds. The van der Waals surface area contributed by atoms with Crippen molar-refractivity contribution in [3.05, 3.63) is 27.8 Å². The van der Waals surface area contributed by atoms with Crippen LogP contribution in [-0.4, -0.2) is 26.2 Å². The largest absolute Gasteiger partial charge is 0.494 e. The van der Waals surface area contributed by atoms with Crippen molar-refractivity contribution in [3.8, 4) is 5.75 Å². The minimum absolute atomic E-state index is 0.846. The first-order chi connectivity index (χ1) is 9.63. The van der Waals surface area contributed by atoms with Gasteiger partial charge in [0.2, 0.25) is 0 Å². The van der Waals surface area contributed by atoms with Crippen LogP contribution < -0.4 is 9.64 Å². The molecule has 1 unspecified atom stereocenters. The molecule has 0 spiro atoms. The number of piperidine rings is 1. The summed E-state index contributed by atoms with van der Waals surface area (Å²) in [5.74, 6) is 2.80. The van der Waals surface area contributed by atoms with Gasteiger partial charge in [-0.3, -0.25) is 0 Å². The topological polar surface area (TPSA) is 13.7 Å². The van der Waals surface area contributed by atoms with Gasteiger partial charge < -0.3 is 9.64 Å². The number of benzene rings is 1. The third kappa shape index (κ3) is 5.60. The Hall–Kier alpha value is -0.290. The fourth-order valence-corrected chi connectivity index (χ4v) is 3.68. The summed E-state index contributed by atoms with van der Waals surface area (Å²) >= 11 is 2.32. The van der Waals surface area contributed by atoms with Crippen molar-refractivity contribution in [1.82, 2.24) is 0 Å². The molecule has 3 heteroatoms. The molecule has 20 heavy (non-hydrogen) atoms. The van der Waals surface area contributed by atoms with Gasteiger partial charge in [-0.25, -0.2) is 0 Å². The molecule has 0 radical (unpaired) electrons. The molecule has 2 rings (SSSR count). The highest BCUT2D eigenvalue weighted by atomic mass is 127. The second kappa shape index (κ2) is 8.23. The quantitative estimate of drug-likeness (QED) is 0.584. The zero-order valence-corrected chi connectivity index (χ0v) is 14.9. The highest BCUT2D eigenvalue weighted by molar-refractivity contribution is 14.1.